The second-order valence-corrected chi connectivity index (χ2v) is 9.86. The number of hydrogen-bond donors (Lipinski definition) is 1. The summed E-state index contributed by atoms with van der Waals surface area (Å²) in [6.07, 6.45) is 2.79. The summed E-state index contributed by atoms with van der Waals surface area (Å²) in [5.74, 6) is -0.211. The number of likely N-dealkylation sites (N-methyl/N-ethyl adjacent to an activating group) is 1. The molecule has 0 unspecified atom stereocenters. The lowest BCUT2D eigenvalue weighted by Gasteiger charge is -2.25. The molecule has 1 aliphatic heterocycles. The number of benzene rings is 2. The van der Waals surface area contributed by atoms with Gasteiger partial charge in [0.05, 0.1) is 10.9 Å². The van der Waals surface area contributed by atoms with Crippen LogP contribution in [0.15, 0.2) is 53.4 Å². The number of nitrogens with one attached hydrogen (secondary N) is 1. The summed E-state index contributed by atoms with van der Waals surface area (Å²) in [5, 5.41) is 2.98. The second-order valence-electron chi connectivity index (χ2n) is 7.92. The number of aryl methyl sites for hydroxylation is 1. The molecule has 0 aliphatic carbocycles. The van der Waals surface area contributed by atoms with Gasteiger partial charge in [0.15, 0.2) is 0 Å². The summed E-state index contributed by atoms with van der Waals surface area (Å²) in [6.45, 7) is 3.72. The molecule has 1 atom stereocenters. The third-order valence-electron chi connectivity index (χ3n) is 5.67. The number of nitrogens with zero attached hydrogens (tertiary/aromatic N) is 2. The Labute approximate surface area is 179 Å². The van der Waals surface area contributed by atoms with E-state index in [2.05, 4.69) is 41.4 Å². The first-order valence-electron chi connectivity index (χ1n) is 10.5. The Morgan fingerprint density at radius 2 is 1.63 bits per heavy atom. The number of carbonyl (C=O) groups excluding carboxylic acids is 1. The van der Waals surface area contributed by atoms with Gasteiger partial charge in [-0.15, -0.1) is 0 Å². The number of amides is 1. The second kappa shape index (κ2) is 9.73. The van der Waals surface area contributed by atoms with Crippen LogP contribution in [0.5, 0.6) is 0 Å². The highest BCUT2D eigenvalue weighted by Crippen LogP contribution is 2.22. The molecule has 1 N–H and O–H groups in total. The largest absolute Gasteiger partial charge is 0.350 e. The number of rotatable bonds is 8. The predicted molar refractivity (Wildman–Crippen MR) is 119 cm³/mol. The van der Waals surface area contributed by atoms with Crippen LogP contribution in [0.2, 0.25) is 0 Å². The van der Waals surface area contributed by atoms with Crippen molar-refractivity contribution in [3.63, 3.8) is 0 Å². The zero-order valence-corrected chi connectivity index (χ0v) is 18.8. The van der Waals surface area contributed by atoms with E-state index in [1.54, 1.807) is 12.1 Å². The molecule has 1 saturated heterocycles. The van der Waals surface area contributed by atoms with Crippen LogP contribution in [0.25, 0.3) is 0 Å². The summed E-state index contributed by atoms with van der Waals surface area (Å²) >= 11 is 0. The Hall–Kier alpha value is -2.22. The van der Waals surface area contributed by atoms with Gasteiger partial charge in [-0.25, -0.2) is 8.42 Å². The van der Waals surface area contributed by atoms with Gasteiger partial charge in [0.1, 0.15) is 0 Å². The minimum Gasteiger partial charge on any atom is -0.350 e. The molecule has 2 aromatic carbocycles. The van der Waals surface area contributed by atoms with Crippen LogP contribution in [0, 0.1) is 0 Å². The molecule has 30 heavy (non-hydrogen) atoms. The smallest absolute Gasteiger partial charge is 0.251 e. The molecule has 0 saturated carbocycles. The molecule has 1 fully saturated rings. The minimum absolute atomic E-state index is 0.0506. The van der Waals surface area contributed by atoms with E-state index in [9.17, 15) is 13.2 Å². The average Bonchev–Trinajstić information content (AvgIpc) is 3.30. The van der Waals surface area contributed by atoms with Gasteiger partial charge >= 0.3 is 0 Å². The Balaban J connectivity index is 1.65. The highest BCUT2D eigenvalue weighted by molar-refractivity contribution is 7.89. The molecule has 0 radical (unpaired) electrons. The molecule has 0 bridgehead atoms. The lowest BCUT2D eigenvalue weighted by atomic mass is 10.0. The fourth-order valence-electron chi connectivity index (χ4n) is 3.72. The molecule has 3 rings (SSSR count). The first kappa shape index (κ1) is 22.5. The molecule has 2 aromatic rings. The van der Waals surface area contributed by atoms with Crippen LogP contribution in [0.4, 0.5) is 0 Å². The van der Waals surface area contributed by atoms with Crippen LogP contribution in [-0.2, 0) is 16.4 Å². The van der Waals surface area contributed by atoms with Crippen molar-refractivity contribution in [3.05, 3.63) is 65.2 Å². The maximum absolute atomic E-state index is 12.6. The summed E-state index contributed by atoms with van der Waals surface area (Å²) in [5.41, 5.74) is 2.88. The molecule has 0 spiro atoms. The van der Waals surface area contributed by atoms with Crippen LogP contribution in [-0.4, -0.2) is 57.3 Å². The van der Waals surface area contributed by atoms with Crippen molar-refractivity contribution in [2.24, 2.45) is 0 Å². The fourth-order valence-corrected chi connectivity index (χ4v) is 5.24. The molecule has 1 amide bonds. The quantitative estimate of drug-likeness (QED) is 0.700. The highest BCUT2D eigenvalue weighted by atomic mass is 32.2. The lowest BCUT2D eigenvalue weighted by Crippen LogP contribution is -2.34. The Morgan fingerprint density at radius 3 is 2.17 bits per heavy atom. The van der Waals surface area contributed by atoms with Crippen molar-refractivity contribution >= 4 is 15.9 Å². The van der Waals surface area contributed by atoms with Crippen LogP contribution < -0.4 is 5.32 Å². The summed E-state index contributed by atoms with van der Waals surface area (Å²) in [6, 6.07) is 14.7. The van der Waals surface area contributed by atoms with E-state index in [0.29, 0.717) is 25.2 Å². The number of carbonyl (C=O) groups is 1. The van der Waals surface area contributed by atoms with E-state index >= 15 is 0 Å². The zero-order chi connectivity index (χ0) is 21.7. The zero-order valence-electron chi connectivity index (χ0n) is 18.0. The van der Waals surface area contributed by atoms with Crippen LogP contribution in [0.1, 0.15) is 47.3 Å². The maximum Gasteiger partial charge on any atom is 0.251 e. The monoisotopic (exact) mass is 429 g/mol. The van der Waals surface area contributed by atoms with E-state index in [-0.39, 0.29) is 16.8 Å². The molecule has 1 aliphatic rings. The molecule has 0 aromatic heterocycles. The van der Waals surface area contributed by atoms with E-state index in [0.717, 1.165) is 24.8 Å². The predicted octanol–water partition coefficient (Wildman–Crippen LogP) is 3.07. The SMILES string of the molecule is CCc1ccc([C@@H](CNC(=O)c2ccc(S(=O)(=O)N3CCCC3)cc2)N(C)C)cc1. The van der Waals surface area contributed by atoms with Crippen molar-refractivity contribution in [3.8, 4) is 0 Å². The lowest BCUT2D eigenvalue weighted by molar-refractivity contribution is 0.0942. The Morgan fingerprint density at radius 1 is 1.03 bits per heavy atom. The van der Waals surface area contributed by atoms with Gasteiger partial charge in [0.2, 0.25) is 10.0 Å². The van der Waals surface area contributed by atoms with Crippen molar-refractivity contribution in [2.45, 2.75) is 37.1 Å². The fraction of sp³-hybridized carbons (Fsp3) is 0.435. The number of hydrogen-bond acceptors (Lipinski definition) is 4. The van der Waals surface area contributed by atoms with Gasteiger partial charge in [-0.2, -0.15) is 4.31 Å². The van der Waals surface area contributed by atoms with Crippen molar-refractivity contribution in [2.75, 3.05) is 33.7 Å². The van der Waals surface area contributed by atoms with Crippen molar-refractivity contribution in [1.82, 2.24) is 14.5 Å². The first-order chi connectivity index (χ1) is 14.3. The first-order valence-corrected chi connectivity index (χ1v) is 11.9. The molecular weight excluding hydrogens is 398 g/mol. The Bertz CT molecular complexity index is 948. The molecular formula is C23H31N3O3S. The van der Waals surface area contributed by atoms with Gasteiger partial charge in [-0.1, -0.05) is 31.2 Å². The Kier molecular flexibility index (Phi) is 7.28. The van der Waals surface area contributed by atoms with Gasteiger partial charge in [0.25, 0.3) is 5.91 Å². The summed E-state index contributed by atoms with van der Waals surface area (Å²) in [7, 11) is 0.512. The van der Waals surface area contributed by atoms with Gasteiger partial charge in [-0.3, -0.25) is 4.79 Å². The van der Waals surface area contributed by atoms with E-state index in [1.165, 1.54) is 22.0 Å². The average molecular weight is 430 g/mol. The standard InChI is InChI=1S/C23H31N3O3S/c1-4-18-7-9-19(10-8-18)22(25(2)3)17-24-23(27)20-11-13-21(14-12-20)30(28,29)26-15-5-6-16-26/h7-14,22H,4-6,15-17H2,1-3H3,(H,24,27)/t22-/m1/s1. The summed E-state index contributed by atoms with van der Waals surface area (Å²) < 4.78 is 26.8. The topological polar surface area (TPSA) is 69.7 Å². The van der Waals surface area contributed by atoms with Gasteiger partial charge in [0, 0.05) is 25.2 Å². The third-order valence-corrected chi connectivity index (χ3v) is 7.58. The van der Waals surface area contributed by atoms with Crippen molar-refractivity contribution < 1.29 is 13.2 Å². The molecule has 162 valence electrons. The van der Waals surface area contributed by atoms with Gasteiger partial charge in [-0.05, 0) is 68.8 Å². The summed E-state index contributed by atoms with van der Waals surface area (Å²) in [4.78, 5) is 14.9. The van der Waals surface area contributed by atoms with E-state index in [4.69, 9.17) is 0 Å². The third kappa shape index (κ3) is 5.09. The highest BCUT2D eigenvalue weighted by Gasteiger charge is 2.27. The van der Waals surface area contributed by atoms with E-state index in [1.807, 2.05) is 14.1 Å². The molecule has 7 heteroatoms. The minimum atomic E-state index is -3.47. The van der Waals surface area contributed by atoms with Crippen LogP contribution in [0.3, 0.4) is 0 Å². The number of sulfonamides is 1. The molecule has 6 nitrogen and oxygen atoms in total. The van der Waals surface area contributed by atoms with Crippen LogP contribution >= 0.6 is 0 Å². The van der Waals surface area contributed by atoms with Gasteiger partial charge < -0.3 is 10.2 Å². The van der Waals surface area contributed by atoms with Crippen molar-refractivity contribution in [1.29, 1.82) is 0 Å². The van der Waals surface area contributed by atoms with E-state index < -0.39 is 10.0 Å². The molecule has 1 heterocycles. The normalized spacial score (nSPS) is 16.0. The maximum atomic E-state index is 12.6.